The summed E-state index contributed by atoms with van der Waals surface area (Å²) in [6.07, 6.45) is 10.4. The molecule has 1 aliphatic carbocycles. The van der Waals surface area contributed by atoms with Crippen LogP contribution < -0.4 is 0 Å². The zero-order chi connectivity index (χ0) is 18.6. The van der Waals surface area contributed by atoms with Crippen LogP contribution in [0.2, 0.25) is 0 Å². The molecule has 2 rings (SSSR count). The third-order valence-electron chi connectivity index (χ3n) is 5.08. The average Bonchev–Trinajstić information content (AvgIpc) is 3.00. The third kappa shape index (κ3) is 4.94. The zero-order valence-corrected chi connectivity index (χ0v) is 17.3. The van der Waals surface area contributed by atoms with E-state index < -0.39 is 0 Å². The third-order valence-corrected chi connectivity index (χ3v) is 6.10. The maximum atomic E-state index is 12.2. The molecule has 1 amide bonds. The number of hydrogen-bond donors (Lipinski definition) is 0. The Balaban J connectivity index is 2.14. The molecule has 0 radical (unpaired) electrons. The van der Waals surface area contributed by atoms with E-state index in [1.54, 1.807) is 16.2 Å². The monoisotopic (exact) mass is 357 g/mol. The van der Waals surface area contributed by atoms with Crippen molar-refractivity contribution in [3.8, 4) is 0 Å². The molecule has 1 aromatic rings. The van der Waals surface area contributed by atoms with Crippen LogP contribution in [0.3, 0.4) is 0 Å². The van der Waals surface area contributed by atoms with Crippen molar-refractivity contribution in [2.45, 2.75) is 53.9 Å². The van der Waals surface area contributed by atoms with Crippen molar-refractivity contribution < 1.29 is 4.79 Å². The van der Waals surface area contributed by atoms with Gasteiger partial charge in [-0.25, -0.2) is 0 Å². The number of rotatable bonds is 5. The number of nitrogens with zero attached hydrogens (tertiary/aromatic N) is 1. The predicted octanol–water partition coefficient (Wildman–Crippen LogP) is 6.33. The lowest BCUT2D eigenvalue weighted by molar-refractivity contribution is 0.0807. The van der Waals surface area contributed by atoms with Crippen molar-refractivity contribution in [1.82, 2.24) is 4.90 Å². The molecule has 0 spiro atoms. The smallest absolute Gasteiger partial charge is 0.263 e. The van der Waals surface area contributed by atoms with Gasteiger partial charge in [0.1, 0.15) is 0 Å². The molecule has 0 fully saturated rings. The Bertz CT molecular complexity index is 718. The molecule has 1 heterocycles. The van der Waals surface area contributed by atoms with Crippen molar-refractivity contribution in [3.05, 3.63) is 50.8 Å². The van der Waals surface area contributed by atoms with Gasteiger partial charge in [0, 0.05) is 18.5 Å². The Hall–Kier alpha value is -1.61. The van der Waals surface area contributed by atoms with Gasteiger partial charge in [-0.1, -0.05) is 31.6 Å². The van der Waals surface area contributed by atoms with Crippen LogP contribution in [0.1, 0.15) is 68.4 Å². The molecule has 1 aromatic heterocycles. The highest BCUT2D eigenvalue weighted by atomic mass is 32.1. The van der Waals surface area contributed by atoms with Crippen LogP contribution in [-0.2, 0) is 0 Å². The highest BCUT2D eigenvalue weighted by Gasteiger charge is 2.26. The second-order valence-corrected chi connectivity index (χ2v) is 8.79. The van der Waals surface area contributed by atoms with Gasteiger partial charge in [0.25, 0.3) is 5.91 Å². The molecule has 1 aliphatic rings. The Morgan fingerprint density at radius 2 is 2.08 bits per heavy atom. The second-order valence-electron chi connectivity index (χ2n) is 7.67. The molecule has 0 unspecified atom stereocenters. The van der Waals surface area contributed by atoms with Crippen molar-refractivity contribution in [2.24, 2.45) is 5.41 Å². The van der Waals surface area contributed by atoms with Gasteiger partial charge in [0.05, 0.1) is 4.88 Å². The predicted molar refractivity (Wildman–Crippen MR) is 110 cm³/mol. The van der Waals surface area contributed by atoms with Gasteiger partial charge in [-0.15, -0.1) is 11.3 Å². The first-order valence-corrected chi connectivity index (χ1v) is 9.98. The average molecular weight is 358 g/mol. The topological polar surface area (TPSA) is 20.3 Å². The van der Waals surface area contributed by atoms with E-state index in [2.05, 4.69) is 45.9 Å². The fourth-order valence-corrected chi connectivity index (χ4v) is 4.39. The van der Waals surface area contributed by atoms with Gasteiger partial charge in [0.2, 0.25) is 0 Å². The summed E-state index contributed by atoms with van der Waals surface area (Å²) in [6.45, 7) is 11.8. The molecule has 0 bridgehead atoms. The summed E-state index contributed by atoms with van der Waals surface area (Å²) in [5.41, 5.74) is 4.49. The number of allylic oxidation sites excluding steroid dienone is 5. The van der Waals surface area contributed by atoms with Crippen molar-refractivity contribution in [3.63, 3.8) is 0 Å². The first-order chi connectivity index (χ1) is 11.7. The Labute approximate surface area is 156 Å². The Kier molecular flexibility index (Phi) is 6.45. The van der Waals surface area contributed by atoms with E-state index in [9.17, 15) is 4.79 Å². The van der Waals surface area contributed by atoms with E-state index in [0.29, 0.717) is 0 Å². The molecule has 25 heavy (non-hydrogen) atoms. The summed E-state index contributed by atoms with van der Waals surface area (Å²) in [7, 11) is 1.84. The summed E-state index contributed by atoms with van der Waals surface area (Å²) in [6, 6.07) is 3.96. The molecule has 0 atom stereocenters. The van der Waals surface area contributed by atoms with Gasteiger partial charge in [-0.05, 0) is 74.8 Å². The summed E-state index contributed by atoms with van der Waals surface area (Å²) >= 11 is 1.56. The first kappa shape index (κ1) is 19.7. The molecule has 0 aromatic carbocycles. The van der Waals surface area contributed by atoms with Gasteiger partial charge in [0.15, 0.2) is 0 Å². The first-order valence-electron chi connectivity index (χ1n) is 9.16. The summed E-state index contributed by atoms with van der Waals surface area (Å²) < 4.78 is 0. The van der Waals surface area contributed by atoms with Gasteiger partial charge in [-0.3, -0.25) is 4.79 Å². The Morgan fingerprint density at radius 3 is 2.72 bits per heavy atom. The van der Waals surface area contributed by atoms with Crippen LogP contribution in [0.25, 0.3) is 6.08 Å². The van der Waals surface area contributed by atoms with Crippen LogP contribution in [0.15, 0.2) is 41.0 Å². The molecular formula is C22H31NOS. The van der Waals surface area contributed by atoms with Crippen LogP contribution in [0.5, 0.6) is 0 Å². The van der Waals surface area contributed by atoms with E-state index in [1.807, 2.05) is 26.1 Å². The van der Waals surface area contributed by atoms with Gasteiger partial charge < -0.3 is 4.90 Å². The minimum atomic E-state index is 0.102. The van der Waals surface area contributed by atoms with Crippen LogP contribution in [-0.4, -0.2) is 24.4 Å². The highest BCUT2D eigenvalue weighted by molar-refractivity contribution is 7.14. The SMILES string of the molecule is CCN(C)C(=O)c1ccc(C=C(C)C=CC2=C(C)CCCC2(C)C)s1. The summed E-state index contributed by atoms with van der Waals surface area (Å²) in [4.78, 5) is 15.9. The quantitative estimate of drug-likeness (QED) is 0.564. The molecule has 0 aliphatic heterocycles. The number of thiophene rings is 1. The number of carbonyl (C=O) groups is 1. The van der Waals surface area contributed by atoms with Crippen molar-refractivity contribution >= 4 is 23.3 Å². The minimum Gasteiger partial charge on any atom is -0.341 e. The molecule has 3 heteroatoms. The molecule has 0 saturated carbocycles. The normalized spacial score (nSPS) is 18.1. The highest BCUT2D eigenvalue weighted by Crippen LogP contribution is 2.40. The minimum absolute atomic E-state index is 0.102. The van der Waals surface area contributed by atoms with E-state index in [4.69, 9.17) is 0 Å². The van der Waals surface area contributed by atoms with E-state index in [0.717, 1.165) is 16.3 Å². The van der Waals surface area contributed by atoms with E-state index >= 15 is 0 Å². The van der Waals surface area contributed by atoms with Gasteiger partial charge in [-0.2, -0.15) is 0 Å². The fourth-order valence-electron chi connectivity index (χ4n) is 3.37. The molecule has 2 nitrogen and oxygen atoms in total. The summed E-state index contributed by atoms with van der Waals surface area (Å²) in [5.74, 6) is 0.102. The molecular weight excluding hydrogens is 326 g/mol. The molecule has 0 N–H and O–H groups in total. The van der Waals surface area contributed by atoms with Crippen LogP contribution >= 0.6 is 11.3 Å². The van der Waals surface area contributed by atoms with Crippen molar-refractivity contribution in [2.75, 3.05) is 13.6 Å². The lowest BCUT2D eigenvalue weighted by atomic mass is 9.72. The lowest BCUT2D eigenvalue weighted by Gasteiger charge is -2.32. The number of hydrogen-bond acceptors (Lipinski definition) is 2. The lowest BCUT2D eigenvalue weighted by Crippen LogP contribution is -2.25. The molecule has 136 valence electrons. The van der Waals surface area contributed by atoms with E-state index in [-0.39, 0.29) is 11.3 Å². The zero-order valence-electron chi connectivity index (χ0n) is 16.5. The molecule has 0 saturated heterocycles. The standard InChI is InChI=1S/C22H31NOS/c1-7-23(6)21(24)20-13-11-18(25-20)15-16(2)10-12-19-17(3)9-8-14-22(19,4)5/h10-13,15H,7-9,14H2,1-6H3. The maximum absolute atomic E-state index is 12.2. The fraction of sp³-hybridized carbons (Fsp3) is 0.500. The van der Waals surface area contributed by atoms with Crippen LogP contribution in [0.4, 0.5) is 0 Å². The summed E-state index contributed by atoms with van der Waals surface area (Å²) in [5, 5.41) is 0. The van der Waals surface area contributed by atoms with E-state index in [1.165, 1.54) is 36.0 Å². The van der Waals surface area contributed by atoms with Crippen LogP contribution in [0, 0.1) is 5.41 Å². The number of carbonyl (C=O) groups excluding carboxylic acids is 1. The maximum Gasteiger partial charge on any atom is 0.263 e. The van der Waals surface area contributed by atoms with Crippen molar-refractivity contribution in [1.29, 1.82) is 0 Å². The second kappa shape index (κ2) is 8.18. The largest absolute Gasteiger partial charge is 0.341 e. The number of amides is 1. The van der Waals surface area contributed by atoms with Gasteiger partial charge >= 0.3 is 0 Å². The Morgan fingerprint density at radius 1 is 1.36 bits per heavy atom.